The first-order valence-corrected chi connectivity index (χ1v) is 21.2. The van der Waals surface area contributed by atoms with E-state index in [9.17, 15) is 19.5 Å². The zero-order chi connectivity index (χ0) is 39.3. The molecule has 0 aromatic carbocycles. The quantitative estimate of drug-likeness (QED) is 0.0270. The molecular weight excluding hydrogens is 666 g/mol. The lowest BCUT2D eigenvalue weighted by Gasteiger charge is -2.34. The lowest BCUT2D eigenvalue weighted by atomic mass is 10.1. The molecule has 0 aromatic rings. The van der Waals surface area contributed by atoms with Gasteiger partial charge in [0.1, 0.15) is 12.6 Å². The number of carbonyl (C=O) groups is 3. The van der Waals surface area contributed by atoms with Gasteiger partial charge in [-0.2, -0.15) is 0 Å². The minimum absolute atomic E-state index is 0.0248. The minimum Gasteiger partial charge on any atom is -0.544 e. The number of esters is 2. The van der Waals surface area contributed by atoms with E-state index in [-0.39, 0.29) is 42.7 Å². The van der Waals surface area contributed by atoms with E-state index in [0.29, 0.717) is 12.8 Å². The average Bonchev–Trinajstić information content (AvgIpc) is 3.11. The summed E-state index contributed by atoms with van der Waals surface area (Å²) in [5, 5.41) is 11.6. The van der Waals surface area contributed by atoms with Crippen LogP contribution in [0.4, 0.5) is 0 Å². The zero-order valence-electron chi connectivity index (χ0n) is 34.7. The van der Waals surface area contributed by atoms with Gasteiger partial charge >= 0.3 is 11.9 Å². The van der Waals surface area contributed by atoms with Crippen molar-refractivity contribution in [3.05, 3.63) is 48.6 Å². The second kappa shape index (κ2) is 36.3. The van der Waals surface area contributed by atoms with Gasteiger partial charge in [0.05, 0.1) is 40.3 Å². The van der Waals surface area contributed by atoms with Gasteiger partial charge in [0.15, 0.2) is 6.10 Å². The Morgan fingerprint density at radius 3 is 1.49 bits per heavy atom. The van der Waals surface area contributed by atoms with Crippen molar-refractivity contribution in [2.24, 2.45) is 0 Å². The number of hydrogen-bond acceptors (Lipinski definition) is 7. The van der Waals surface area contributed by atoms with Crippen LogP contribution in [0.3, 0.4) is 0 Å². The number of unbranched alkanes of at least 4 members (excludes halogenated alkanes) is 17. The monoisotopic (exact) mass is 746 g/mol. The standard InChI is InChI=1S/C45H79NO7/c1-6-8-10-12-14-16-18-19-20-21-22-23-24-26-28-30-32-34-36-44(48)53-41(39-51-38-37-42(45(49)50)46(3,4)5)40-52-43(47)35-33-31-29-27-25-17-15-13-11-9-7-2/h13,15,17,20-23,25,41-42H,6-12,14,16,18-19,24,26-40H2,1-5H3/b15-13+,21-20+,23-22+,25-17+. The van der Waals surface area contributed by atoms with Crippen molar-refractivity contribution in [3.8, 4) is 0 Å². The topological polar surface area (TPSA) is 102 Å². The molecule has 0 bridgehead atoms. The van der Waals surface area contributed by atoms with Gasteiger partial charge in [-0.3, -0.25) is 9.59 Å². The fraction of sp³-hybridized carbons (Fsp3) is 0.756. The molecule has 0 heterocycles. The van der Waals surface area contributed by atoms with Crippen molar-refractivity contribution < 1.29 is 38.2 Å². The predicted octanol–water partition coefficient (Wildman–Crippen LogP) is 9.91. The molecule has 0 saturated heterocycles. The molecule has 0 N–H and O–H groups in total. The van der Waals surface area contributed by atoms with Gasteiger partial charge in [0.25, 0.3) is 0 Å². The summed E-state index contributed by atoms with van der Waals surface area (Å²) in [6, 6.07) is -0.732. The molecule has 0 rings (SSSR count). The number of rotatable bonds is 37. The van der Waals surface area contributed by atoms with Crippen molar-refractivity contribution in [2.75, 3.05) is 41.0 Å². The third-order valence-electron chi connectivity index (χ3n) is 9.24. The minimum atomic E-state index is -1.13. The number of carboxylic acid groups (broad SMARTS) is 1. The fourth-order valence-corrected chi connectivity index (χ4v) is 5.86. The summed E-state index contributed by atoms with van der Waals surface area (Å²) >= 11 is 0. The summed E-state index contributed by atoms with van der Waals surface area (Å²) in [5.41, 5.74) is 0. The van der Waals surface area contributed by atoms with Crippen LogP contribution in [-0.2, 0) is 28.6 Å². The number of carbonyl (C=O) groups excluding carboxylic acids is 3. The number of ether oxygens (including phenoxy) is 3. The Balaban J connectivity index is 4.42. The summed E-state index contributed by atoms with van der Waals surface area (Å²) in [6.07, 6.45) is 41.4. The highest BCUT2D eigenvalue weighted by Gasteiger charge is 2.25. The van der Waals surface area contributed by atoms with Crippen LogP contribution in [0.25, 0.3) is 0 Å². The molecule has 0 spiro atoms. The van der Waals surface area contributed by atoms with Crippen LogP contribution in [0.2, 0.25) is 0 Å². The molecule has 0 aliphatic rings. The van der Waals surface area contributed by atoms with Crippen LogP contribution >= 0.6 is 0 Å². The average molecular weight is 746 g/mol. The molecule has 0 fully saturated rings. The van der Waals surface area contributed by atoms with Gasteiger partial charge in [-0.05, 0) is 57.8 Å². The lowest BCUT2D eigenvalue weighted by molar-refractivity contribution is -0.889. The van der Waals surface area contributed by atoms with Crippen molar-refractivity contribution in [1.29, 1.82) is 0 Å². The zero-order valence-corrected chi connectivity index (χ0v) is 34.7. The summed E-state index contributed by atoms with van der Waals surface area (Å²) < 4.78 is 17.1. The van der Waals surface area contributed by atoms with E-state index >= 15 is 0 Å². The lowest BCUT2D eigenvalue weighted by Crippen LogP contribution is -2.55. The largest absolute Gasteiger partial charge is 0.544 e. The molecule has 0 aliphatic heterocycles. The van der Waals surface area contributed by atoms with Crippen LogP contribution < -0.4 is 5.11 Å². The third-order valence-corrected chi connectivity index (χ3v) is 9.24. The SMILES string of the molecule is CCCC/C=C/C=C/CCCCCC(=O)OCC(COCCC(C(=O)[O-])[N+](C)(C)C)OC(=O)CCCCCCC/C=C/C=C/CCCCCCCCC. The number of quaternary nitrogens is 1. The van der Waals surface area contributed by atoms with Crippen LogP contribution in [0.1, 0.15) is 168 Å². The highest BCUT2D eigenvalue weighted by Crippen LogP contribution is 2.12. The van der Waals surface area contributed by atoms with E-state index in [1.54, 1.807) is 21.1 Å². The molecular formula is C45H79NO7. The normalized spacial score (nSPS) is 13.5. The Morgan fingerprint density at radius 1 is 0.566 bits per heavy atom. The van der Waals surface area contributed by atoms with Gasteiger partial charge < -0.3 is 28.6 Å². The molecule has 8 nitrogen and oxygen atoms in total. The van der Waals surface area contributed by atoms with Gasteiger partial charge in [-0.1, -0.05) is 140 Å². The van der Waals surface area contributed by atoms with E-state index in [1.807, 2.05) is 0 Å². The summed E-state index contributed by atoms with van der Waals surface area (Å²) in [6.45, 7) is 4.54. The molecule has 2 atom stereocenters. The van der Waals surface area contributed by atoms with Crippen molar-refractivity contribution >= 4 is 17.9 Å². The maximum Gasteiger partial charge on any atom is 0.306 e. The first-order valence-electron chi connectivity index (χ1n) is 21.2. The molecule has 8 heteroatoms. The van der Waals surface area contributed by atoms with E-state index in [1.165, 1.54) is 57.8 Å². The first kappa shape index (κ1) is 50.3. The molecule has 0 aliphatic carbocycles. The van der Waals surface area contributed by atoms with Crippen LogP contribution in [0.5, 0.6) is 0 Å². The van der Waals surface area contributed by atoms with Crippen molar-refractivity contribution in [3.63, 3.8) is 0 Å². The number of likely N-dealkylation sites (N-methyl/N-ethyl adjacent to an activating group) is 1. The molecule has 306 valence electrons. The van der Waals surface area contributed by atoms with Gasteiger partial charge in [0, 0.05) is 19.3 Å². The predicted molar refractivity (Wildman–Crippen MR) is 217 cm³/mol. The van der Waals surface area contributed by atoms with Gasteiger partial charge in [-0.15, -0.1) is 0 Å². The Kier molecular flexibility index (Phi) is 34.4. The highest BCUT2D eigenvalue weighted by atomic mass is 16.6. The number of hydrogen-bond donors (Lipinski definition) is 0. The van der Waals surface area contributed by atoms with Crippen LogP contribution in [0, 0.1) is 0 Å². The fourth-order valence-electron chi connectivity index (χ4n) is 5.86. The molecule has 0 radical (unpaired) electrons. The van der Waals surface area contributed by atoms with Gasteiger partial charge in [-0.25, -0.2) is 0 Å². The number of carboxylic acids is 1. The number of allylic oxidation sites excluding steroid dienone is 8. The van der Waals surface area contributed by atoms with E-state index in [4.69, 9.17) is 14.2 Å². The van der Waals surface area contributed by atoms with Crippen LogP contribution in [0.15, 0.2) is 48.6 Å². The number of aliphatic carboxylic acids is 1. The first-order chi connectivity index (χ1) is 25.6. The number of nitrogens with zero attached hydrogens (tertiary/aromatic N) is 1. The molecule has 0 amide bonds. The van der Waals surface area contributed by atoms with E-state index < -0.39 is 18.1 Å². The smallest absolute Gasteiger partial charge is 0.306 e. The Labute approximate surface area is 325 Å². The summed E-state index contributed by atoms with van der Waals surface area (Å²) in [7, 11) is 5.38. The summed E-state index contributed by atoms with van der Waals surface area (Å²) in [4.78, 5) is 36.7. The molecule has 2 unspecified atom stereocenters. The Bertz CT molecular complexity index is 1010. The van der Waals surface area contributed by atoms with Gasteiger partial charge in [0.2, 0.25) is 0 Å². The Hall–Kier alpha value is -2.71. The van der Waals surface area contributed by atoms with E-state index in [0.717, 1.165) is 77.0 Å². The molecule has 53 heavy (non-hydrogen) atoms. The highest BCUT2D eigenvalue weighted by molar-refractivity contribution is 5.70. The second-order valence-electron chi connectivity index (χ2n) is 15.3. The summed E-state index contributed by atoms with van der Waals surface area (Å²) in [5.74, 6) is -1.80. The maximum absolute atomic E-state index is 12.7. The van der Waals surface area contributed by atoms with Crippen molar-refractivity contribution in [1.82, 2.24) is 0 Å². The van der Waals surface area contributed by atoms with Crippen molar-refractivity contribution in [2.45, 2.75) is 180 Å². The third kappa shape index (κ3) is 34.8. The maximum atomic E-state index is 12.7. The van der Waals surface area contributed by atoms with Crippen LogP contribution in [-0.4, -0.2) is 75.5 Å². The molecule has 0 aromatic heterocycles. The van der Waals surface area contributed by atoms with E-state index in [2.05, 4.69) is 62.5 Å². The second-order valence-corrected chi connectivity index (χ2v) is 15.3. The Morgan fingerprint density at radius 2 is 1.00 bits per heavy atom. The molecule has 0 saturated carbocycles.